The van der Waals surface area contributed by atoms with Gasteiger partial charge in [-0.15, -0.1) is 0 Å². The molecule has 3 N–H and O–H groups in total. The second-order valence-corrected chi connectivity index (χ2v) is 7.75. The Labute approximate surface area is 122 Å². The van der Waals surface area contributed by atoms with Gasteiger partial charge >= 0.3 is 0 Å². The molecule has 0 radical (unpaired) electrons. The topological polar surface area (TPSA) is 72.2 Å². The Morgan fingerprint density at radius 1 is 1.42 bits per heavy atom. The molecule has 1 aromatic carbocycles. The molecule has 0 amide bonds. The molecule has 0 unspecified atom stereocenters. The molecule has 0 aliphatic heterocycles. The van der Waals surface area contributed by atoms with Crippen molar-refractivity contribution in [2.45, 2.75) is 37.5 Å². The summed E-state index contributed by atoms with van der Waals surface area (Å²) >= 11 is 3.28. The van der Waals surface area contributed by atoms with E-state index in [1.165, 1.54) is 12.8 Å². The van der Waals surface area contributed by atoms with Gasteiger partial charge in [0.2, 0.25) is 10.0 Å². The van der Waals surface area contributed by atoms with E-state index in [4.69, 9.17) is 5.73 Å². The zero-order valence-electron chi connectivity index (χ0n) is 10.9. The number of hydrogen-bond donors (Lipinski definition) is 2. The van der Waals surface area contributed by atoms with E-state index >= 15 is 0 Å². The third-order valence-corrected chi connectivity index (χ3v) is 5.48. The highest BCUT2D eigenvalue weighted by Gasteiger charge is 2.22. The van der Waals surface area contributed by atoms with Crippen molar-refractivity contribution >= 4 is 31.6 Å². The monoisotopic (exact) mass is 346 g/mol. The largest absolute Gasteiger partial charge is 0.398 e. The molecule has 4 nitrogen and oxygen atoms in total. The molecule has 1 saturated carbocycles. The Morgan fingerprint density at radius 3 is 2.74 bits per heavy atom. The molecule has 0 heterocycles. The molecule has 0 atom stereocenters. The minimum Gasteiger partial charge on any atom is -0.398 e. The molecule has 2 rings (SSSR count). The lowest BCUT2D eigenvalue weighted by atomic mass is 10.2. The van der Waals surface area contributed by atoms with Gasteiger partial charge in [-0.1, -0.05) is 28.8 Å². The molecule has 1 aliphatic carbocycles. The second-order valence-electron chi connectivity index (χ2n) is 5.10. The Hall–Kier alpha value is -0.590. The first-order valence-electron chi connectivity index (χ1n) is 6.45. The third kappa shape index (κ3) is 3.94. The summed E-state index contributed by atoms with van der Waals surface area (Å²) in [5.74, 6) is 0.827. The fourth-order valence-electron chi connectivity index (χ4n) is 2.03. The zero-order chi connectivity index (χ0) is 14.0. The van der Waals surface area contributed by atoms with Gasteiger partial charge in [-0.25, -0.2) is 13.1 Å². The fraction of sp³-hybridized carbons (Fsp3) is 0.538. The van der Waals surface area contributed by atoms with Crippen molar-refractivity contribution in [3.63, 3.8) is 0 Å². The number of hydrogen-bond acceptors (Lipinski definition) is 3. The summed E-state index contributed by atoms with van der Waals surface area (Å²) in [4.78, 5) is 0.255. The van der Waals surface area contributed by atoms with Crippen LogP contribution in [0.2, 0.25) is 0 Å². The Kier molecular flexibility index (Phi) is 4.53. The van der Waals surface area contributed by atoms with Crippen LogP contribution in [0.5, 0.6) is 0 Å². The number of nitrogens with one attached hydrogen (secondary N) is 1. The zero-order valence-corrected chi connectivity index (χ0v) is 13.4. The van der Waals surface area contributed by atoms with E-state index in [0.29, 0.717) is 22.3 Å². The number of nitrogen functional groups attached to an aromatic ring is 1. The molecule has 6 heteroatoms. The first kappa shape index (κ1) is 14.8. The summed E-state index contributed by atoms with van der Waals surface area (Å²) in [5.41, 5.74) is 6.87. The van der Waals surface area contributed by atoms with E-state index in [0.717, 1.165) is 18.8 Å². The first-order valence-corrected chi connectivity index (χ1v) is 8.73. The summed E-state index contributed by atoms with van der Waals surface area (Å²) < 4.78 is 27.8. The second kappa shape index (κ2) is 5.81. The summed E-state index contributed by atoms with van der Waals surface area (Å²) in [6, 6.07) is 3.30. The van der Waals surface area contributed by atoms with Crippen LogP contribution in [0.3, 0.4) is 0 Å². The smallest absolute Gasteiger partial charge is 0.240 e. The standard InChI is InChI=1S/C13H19BrN2O2S/c1-9-12(15)7-11(14)8-13(9)19(17,18)16-6-2-3-10-4-5-10/h7-8,10,16H,2-6,15H2,1H3. The summed E-state index contributed by atoms with van der Waals surface area (Å²) in [6.07, 6.45) is 4.61. The lowest BCUT2D eigenvalue weighted by Gasteiger charge is -2.11. The van der Waals surface area contributed by atoms with Crippen molar-refractivity contribution in [2.24, 2.45) is 5.92 Å². The van der Waals surface area contributed by atoms with Crippen LogP contribution in [-0.4, -0.2) is 15.0 Å². The van der Waals surface area contributed by atoms with Crippen molar-refractivity contribution in [2.75, 3.05) is 12.3 Å². The van der Waals surface area contributed by atoms with Crippen LogP contribution in [0.1, 0.15) is 31.2 Å². The first-order chi connectivity index (χ1) is 8.90. The van der Waals surface area contributed by atoms with Gasteiger partial charge in [-0.05, 0) is 43.4 Å². The van der Waals surface area contributed by atoms with Crippen LogP contribution in [0.25, 0.3) is 0 Å². The minimum atomic E-state index is -3.47. The Balaban J connectivity index is 2.05. The van der Waals surface area contributed by atoms with Gasteiger partial charge in [-0.3, -0.25) is 0 Å². The van der Waals surface area contributed by atoms with Gasteiger partial charge in [-0.2, -0.15) is 0 Å². The predicted octanol–water partition coefficient (Wildman–Crippen LogP) is 2.81. The maximum Gasteiger partial charge on any atom is 0.240 e. The van der Waals surface area contributed by atoms with Gasteiger partial charge in [0.1, 0.15) is 0 Å². The molecule has 0 bridgehead atoms. The normalized spacial score (nSPS) is 15.7. The molecule has 0 spiro atoms. The predicted molar refractivity (Wildman–Crippen MR) is 80.4 cm³/mol. The number of halogens is 1. The van der Waals surface area contributed by atoms with Crippen molar-refractivity contribution in [1.29, 1.82) is 0 Å². The van der Waals surface area contributed by atoms with Crippen LogP contribution in [0, 0.1) is 12.8 Å². The van der Waals surface area contributed by atoms with Crippen LogP contribution >= 0.6 is 15.9 Å². The highest BCUT2D eigenvalue weighted by atomic mass is 79.9. The van der Waals surface area contributed by atoms with E-state index in [1.807, 2.05) is 0 Å². The number of nitrogens with two attached hydrogens (primary N) is 1. The SMILES string of the molecule is Cc1c(N)cc(Br)cc1S(=O)(=O)NCCCC1CC1. The highest BCUT2D eigenvalue weighted by molar-refractivity contribution is 9.10. The van der Waals surface area contributed by atoms with E-state index in [2.05, 4.69) is 20.7 Å². The number of benzene rings is 1. The van der Waals surface area contributed by atoms with E-state index in [-0.39, 0.29) is 4.90 Å². The van der Waals surface area contributed by atoms with E-state index in [9.17, 15) is 8.42 Å². The average molecular weight is 347 g/mol. The van der Waals surface area contributed by atoms with Crippen molar-refractivity contribution in [3.8, 4) is 0 Å². The van der Waals surface area contributed by atoms with E-state index < -0.39 is 10.0 Å². The van der Waals surface area contributed by atoms with Gasteiger partial charge in [0.15, 0.2) is 0 Å². The molecule has 1 fully saturated rings. The van der Waals surface area contributed by atoms with Crippen molar-refractivity contribution in [3.05, 3.63) is 22.2 Å². The van der Waals surface area contributed by atoms with Crippen LogP contribution in [0.4, 0.5) is 5.69 Å². The molecular weight excluding hydrogens is 328 g/mol. The van der Waals surface area contributed by atoms with Crippen molar-refractivity contribution < 1.29 is 8.42 Å². The number of anilines is 1. The average Bonchev–Trinajstić information content (AvgIpc) is 3.13. The molecular formula is C13H19BrN2O2S. The van der Waals surface area contributed by atoms with Crippen molar-refractivity contribution in [1.82, 2.24) is 4.72 Å². The molecule has 0 aromatic heterocycles. The fourth-order valence-corrected chi connectivity index (χ4v) is 4.03. The molecule has 0 saturated heterocycles. The molecule has 106 valence electrons. The van der Waals surface area contributed by atoms with Gasteiger partial charge in [0.05, 0.1) is 4.90 Å². The van der Waals surface area contributed by atoms with E-state index in [1.54, 1.807) is 19.1 Å². The summed E-state index contributed by atoms with van der Waals surface area (Å²) in [7, 11) is -3.47. The van der Waals surface area contributed by atoms with Crippen LogP contribution < -0.4 is 10.5 Å². The quantitative estimate of drug-likeness (QED) is 0.614. The Morgan fingerprint density at radius 2 is 2.11 bits per heavy atom. The maximum absolute atomic E-state index is 12.2. The van der Waals surface area contributed by atoms with Gasteiger partial charge in [0.25, 0.3) is 0 Å². The molecule has 1 aromatic rings. The lowest BCUT2D eigenvalue weighted by molar-refractivity contribution is 0.572. The van der Waals surface area contributed by atoms with Crippen LogP contribution in [-0.2, 0) is 10.0 Å². The maximum atomic E-state index is 12.2. The van der Waals surface area contributed by atoms with Gasteiger partial charge in [0, 0.05) is 16.7 Å². The number of rotatable bonds is 6. The third-order valence-electron chi connectivity index (χ3n) is 3.43. The summed E-state index contributed by atoms with van der Waals surface area (Å²) in [6.45, 7) is 2.21. The lowest BCUT2D eigenvalue weighted by Crippen LogP contribution is -2.25. The molecule has 19 heavy (non-hydrogen) atoms. The Bertz CT molecular complexity index is 568. The minimum absolute atomic E-state index is 0.255. The summed E-state index contributed by atoms with van der Waals surface area (Å²) in [5, 5.41) is 0. The highest BCUT2D eigenvalue weighted by Crippen LogP contribution is 2.33. The van der Waals surface area contributed by atoms with Crippen LogP contribution in [0.15, 0.2) is 21.5 Å². The number of sulfonamides is 1. The molecule has 1 aliphatic rings. The van der Waals surface area contributed by atoms with Gasteiger partial charge < -0.3 is 5.73 Å².